The Morgan fingerprint density at radius 1 is 1.12 bits per heavy atom. The number of guanidine groups is 1. The van der Waals surface area contributed by atoms with Gasteiger partial charge in [-0.05, 0) is 32.8 Å². The number of nitrogens with zero attached hydrogens (tertiary/aromatic N) is 2. The lowest BCUT2D eigenvalue weighted by atomic mass is 10.1. The van der Waals surface area contributed by atoms with E-state index in [9.17, 15) is 0 Å². The summed E-state index contributed by atoms with van der Waals surface area (Å²) in [5.41, 5.74) is 3.80. The number of thiazole rings is 1. The molecule has 0 radical (unpaired) electrons. The number of hydrogen-bond acceptors (Lipinski definition) is 3. The fraction of sp³-hybridized carbons (Fsp3) is 0.444. The van der Waals surface area contributed by atoms with Crippen molar-refractivity contribution in [3.63, 3.8) is 0 Å². The second kappa shape index (κ2) is 10.7. The maximum Gasteiger partial charge on any atom is 0.191 e. The lowest BCUT2D eigenvalue weighted by Crippen LogP contribution is -2.39. The number of aromatic nitrogens is 1. The van der Waals surface area contributed by atoms with Gasteiger partial charge in [0.05, 0.1) is 10.7 Å². The minimum atomic E-state index is 0. The Kier molecular flexibility index (Phi) is 9.28. The number of benzene rings is 1. The van der Waals surface area contributed by atoms with Crippen molar-refractivity contribution >= 4 is 41.3 Å². The van der Waals surface area contributed by atoms with E-state index in [0.717, 1.165) is 37.6 Å². The van der Waals surface area contributed by atoms with Crippen LogP contribution in [-0.2, 0) is 12.8 Å². The Bertz CT molecular complexity index is 647. The maximum absolute atomic E-state index is 4.56. The van der Waals surface area contributed by atoms with E-state index in [2.05, 4.69) is 65.6 Å². The van der Waals surface area contributed by atoms with Crippen LogP contribution in [0.4, 0.5) is 0 Å². The van der Waals surface area contributed by atoms with E-state index in [-0.39, 0.29) is 24.0 Å². The molecule has 1 aromatic heterocycles. The monoisotopic (exact) mass is 458 g/mol. The third-order valence-electron chi connectivity index (χ3n) is 3.72. The first kappa shape index (κ1) is 20.9. The highest BCUT2D eigenvalue weighted by atomic mass is 127. The number of hydrogen-bond donors (Lipinski definition) is 2. The first-order valence-corrected chi connectivity index (χ1v) is 8.83. The molecule has 0 saturated heterocycles. The van der Waals surface area contributed by atoms with Crippen molar-refractivity contribution in [2.75, 3.05) is 20.1 Å². The first-order valence-electron chi connectivity index (χ1n) is 8.01. The van der Waals surface area contributed by atoms with Crippen LogP contribution in [0.1, 0.15) is 26.7 Å². The van der Waals surface area contributed by atoms with Gasteiger partial charge in [-0.25, -0.2) is 4.98 Å². The number of aryl methyl sites for hydroxylation is 3. The Balaban J connectivity index is 0.00000288. The molecule has 0 aliphatic carbocycles. The highest BCUT2D eigenvalue weighted by molar-refractivity contribution is 14.0. The smallest absolute Gasteiger partial charge is 0.191 e. The fourth-order valence-electron chi connectivity index (χ4n) is 2.35. The van der Waals surface area contributed by atoms with Crippen LogP contribution in [0.3, 0.4) is 0 Å². The average Bonchev–Trinajstić information content (AvgIpc) is 2.84. The van der Waals surface area contributed by atoms with E-state index in [1.54, 1.807) is 18.4 Å². The van der Waals surface area contributed by atoms with Gasteiger partial charge in [-0.1, -0.05) is 29.8 Å². The molecule has 2 aromatic rings. The molecule has 2 rings (SSSR count). The SMILES string of the molecule is CN=C(NCCc1cccc(C)c1)NCCc1nc(C)c(C)s1.I. The summed E-state index contributed by atoms with van der Waals surface area (Å²) in [6, 6.07) is 8.62. The molecular formula is C18H27IN4S. The van der Waals surface area contributed by atoms with Gasteiger partial charge in [0, 0.05) is 31.4 Å². The highest BCUT2D eigenvalue weighted by Crippen LogP contribution is 2.16. The summed E-state index contributed by atoms with van der Waals surface area (Å²) in [6.45, 7) is 8.03. The summed E-state index contributed by atoms with van der Waals surface area (Å²) in [5, 5.41) is 7.90. The average molecular weight is 458 g/mol. The Labute approximate surface area is 166 Å². The second-order valence-electron chi connectivity index (χ2n) is 5.66. The third kappa shape index (κ3) is 6.76. The van der Waals surface area contributed by atoms with E-state index < -0.39 is 0 Å². The maximum atomic E-state index is 4.56. The zero-order valence-electron chi connectivity index (χ0n) is 14.8. The van der Waals surface area contributed by atoms with Gasteiger partial charge in [-0.2, -0.15) is 0 Å². The van der Waals surface area contributed by atoms with Crippen LogP contribution < -0.4 is 10.6 Å². The summed E-state index contributed by atoms with van der Waals surface area (Å²) in [7, 11) is 1.81. The van der Waals surface area contributed by atoms with Crippen molar-refractivity contribution < 1.29 is 0 Å². The molecule has 2 N–H and O–H groups in total. The molecule has 6 heteroatoms. The van der Waals surface area contributed by atoms with Crippen molar-refractivity contribution in [2.24, 2.45) is 4.99 Å². The largest absolute Gasteiger partial charge is 0.356 e. The molecule has 0 bridgehead atoms. The molecule has 0 aliphatic heterocycles. The van der Waals surface area contributed by atoms with Crippen molar-refractivity contribution in [3.05, 3.63) is 51.0 Å². The molecule has 0 atom stereocenters. The lowest BCUT2D eigenvalue weighted by Gasteiger charge is -2.11. The van der Waals surface area contributed by atoms with Crippen LogP contribution in [0, 0.1) is 20.8 Å². The topological polar surface area (TPSA) is 49.3 Å². The van der Waals surface area contributed by atoms with Gasteiger partial charge in [0.15, 0.2) is 5.96 Å². The molecule has 4 nitrogen and oxygen atoms in total. The number of rotatable bonds is 6. The van der Waals surface area contributed by atoms with E-state index in [0.29, 0.717) is 0 Å². The molecule has 0 aliphatic rings. The van der Waals surface area contributed by atoms with Gasteiger partial charge in [0.25, 0.3) is 0 Å². The quantitative estimate of drug-likeness (QED) is 0.395. The molecule has 0 fully saturated rings. The van der Waals surface area contributed by atoms with Crippen LogP contribution in [0.2, 0.25) is 0 Å². The molecule has 0 spiro atoms. The molecule has 0 saturated carbocycles. The Hall–Kier alpha value is -1.15. The minimum absolute atomic E-state index is 0. The minimum Gasteiger partial charge on any atom is -0.356 e. The molecule has 24 heavy (non-hydrogen) atoms. The van der Waals surface area contributed by atoms with Crippen LogP contribution in [0.15, 0.2) is 29.3 Å². The Morgan fingerprint density at radius 3 is 2.42 bits per heavy atom. The van der Waals surface area contributed by atoms with Crippen LogP contribution in [0.25, 0.3) is 0 Å². The zero-order chi connectivity index (χ0) is 16.7. The fourth-order valence-corrected chi connectivity index (χ4v) is 3.28. The lowest BCUT2D eigenvalue weighted by molar-refractivity contribution is 0.781. The molecule has 1 heterocycles. The number of aliphatic imine (C=N–C) groups is 1. The third-order valence-corrected chi connectivity index (χ3v) is 4.85. The van der Waals surface area contributed by atoms with Gasteiger partial charge in [0.2, 0.25) is 0 Å². The van der Waals surface area contributed by atoms with Crippen molar-refractivity contribution in [1.29, 1.82) is 0 Å². The van der Waals surface area contributed by atoms with Gasteiger partial charge < -0.3 is 10.6 Å². The summed E-state index contributed by atoms with van der Waals surface area (Å²) < 4.78 is 0. The molecule has 132 valence electrons. The van der Waals surface area contributed by atoms with Crippen molar-refractivity contribution in [1.82, 2.24) is 15.6 Å². The van der Waals surface area contributed by atoms with Crippen LogP contribution in [0.5, 0.6) is 0 Å². The Morgan fingerprint density at radius 2 is 1.83 bits per heavy atom. The van der Waals surface area contributed by atoms with E-state index in [4.69, 9.17) is 0 Å². The molecule has 0 unspecified atom stereocenters. The van der Waals surface area contributed by atoms with Gasteiger partial charge >= 0.3 is 0 Å². The predicted octanol–water partition coefficient (Wildman–Crippen LogP) is 3.64. The zero-order valence-corrected chi connectivity index (χ0v) is 18.0. The van der Waals surface area contributed by atoms with E-state index in [1.807, 2.05) is 0 Å². The normalized spacial score (nSPS) is 11.1. The summed E-state index contributed by atoms with van der Waals surface area (Å²) in [5.74, 6) is 0.850. The van der Waals surface area contributed by atoms with Crippen LogP contribution in [-0.4, -0.2) is 31.1 Å². The van der Waals surface area contributed by atoms with Crippen molar-refractivity contribution in [3.8, 4) is 0 Å². The van der Waals surface area contributed by atoms with Crippen LogP contribution >= 0.6 is 35.3 Å². The number of halogens is 1. The predicted molar refractivity (Wildman–Crippen MR) is 115 cm³/mol. The molecule has 0 amide bonds. The first-order chi connectivity index (χ1) is 11.1. The highest BCUT2D eigenvalue weighted by Gasteiger charge is 2.04. The van der Waals surface area contributed by atoms with E-state index in [1.165, 1.54) is 21.0 Å². The summed E-state index contributed by atoms with van der Waals surface area (Å²) >= 11 is 1.78. The van der Waals surface area contributed by atoms with Gasteiger partial charge in [-0.3, -0.25) is 4.99 Å². The summed E-state index contributed by atoms with van der Waals surface area (Å²) in [6.07, 6.45) is 1.92. The molecule has 1 aromatic carbocycles. The number of nitrogens with one attached hydrogen (secondary N) is 2. The van der Waals surface area contributed by atoms with Gasteiger partial charge in [-0.15, -0.1) is 35.3 Å². The standard InChI is InChI=1S/C18H26N4S.HI/c1-13-6-5-7-16(12-13)8-10-20-18(19-4)21-11-9-17-22-14(2)15(3)23-17;/h5-7,12H,8-11H2,1-4H3,(H2,19,20,21);1H. The van der Waals surface area contributed by atoms with Gasteiger partial charge in [0.1, 0.15) is 0 Å². The second-order valence-corrected chi connectivity index (χ2v) is 6.95. The molecular weight excluding hydrogens is 431 g/mol. The summed E-state index contributed by atoms with van der Waals surface area (Å²) in [4.78, 5) is 10.1. The van der Waals surface area contributed by atoms with Crippen molar-refractivity contribution in [2.45, 2.75) is 33.6 Å². The van der Waals surface area contributed by atoms with E-state index >= 15 is 0 Å².